The molecule has 0 saturated carbocycles. The van der Waals surface area contributed by atoms with Gasteiger partial charge in [0.2, 0.25) is 0 Å². The summed E-state index contributed by atoms with van der Waals surface area (Å²) in [4.78, 5) is 29.4. The lowest BCUT2D eigenvalue weighted by Crippen LogP contribution is -2.36. The van der Waals surface area contributed by atoms with Gasteiger partial charge in [-0.15, -0.1) is 0 Å². The maximum atomic E-state index is 13.3. The highest BCUT2D eigenvalue weighted by Crippen LogP contribution is 2.21. The first kappa shape index (κ1) is 20.5. The highest BCUT2D eigenvalue weighted by molar-refractivity contribution is 5.97. The number of benzene rings is 2. The smallest absolute Gasteiger partial charge is 0.261 e. The fourth-order valence-corrected chi connectivity index (χ4v) is 3.18. The number of fused-ring (bicyclic) bond motifs is 1. The maximum absolute atomic E-state index is 13.3. The minimum atomic E-state index is -0.553. The van der Waals surface area contributed by atoms with Gasteiger partial charge < -0.3 is 19.9 Å². The van der Waals surface area contributed by atoms with Crippen LogP contribution in [0.3, 0.4) is 0 Å². The minimum Gasteiger partial charge on any atom is -0.494 e. The second-order valence-electron chi connectivity index (χ2n) is 6.94. The van der Waals surface area contributed by atoms with E-state index >= 15 is 0 Å². The molecule has 1 unspecified atom stereocenters. The first-order chi connectivity index (χ1) is 13.9. The van der Waals surface area contributed by atoms with E-state index in [1.54, 1.807) is 0 Å². The van der Waals surface area contributed by atoms with Crippen molar-refractivity contribution < 1.29 is 13.9 Å². The summed E-state index contributed by atoms with van der Waals surface area (Å²) < 4.78 is 18.8. The van der Waals surface area contributed by atoms with Crippen LogP contribution in [0.5, 0.6) is 5.75 Å². The average molecular weight is 397 g/mol. The minimum absolute atomic E-state index is 0.00620. The molecule has 0 aliphatic rings. The number of nitrogens with one attached hydrogen (secondary N) is 2. The Labute approximate surface area is 168 Å². The van der Waals surface area contributed by atoms with Crippen molar-refractivity contribution >= 4 is 16.8 Å². The van der Waals surface area contributed by atoms with Crippen molar-refractivity contribution in [2.24, 2.45) is 0 Å². The lowest BCUT2D eigenvalue weighted by atomic mass is 10.1. The molecule has 7 heteroatoms. The Morgan fingerprint density at radius 3 is 2.55 bits per heavy atom. The van der Waals surface area contributed by atoms with E-state index in [0.717, 1.165) is 11.3 Å². The van der Waals surface area contributed by atoms with E-state index in [9.17, 15) is 14.0 Å². The maximum Gasteiger partial charge on any atom is 0.261 e. The number of aromatic nitrogens is 1. The van der Waals surface area contributed by atoms with Gasteiger partial charge in [-0.2, -0.15) is 0 Å². The Morgan fingerprint density at radius 2 is 1.90 bits per heavy atom. The first-order valence-corrected chi connectivity index (χ1v) is 9.39. The van der Waals surface area contributed by atoms with E-state index in [1.807, 2.05) is 50.2 Å². The largest absolute Gasteiger partial charge is 0.494 e. The molecule has 0 aliphatic carbocycles. The number of pyridine rings is 1. The second-order valence-corrected chi connectivity index (χ2v) is 6.94. The van der Waals surface area contributed by atoms with Gasteiger partial charge >= 0.3 is 0 Å². The van der Waals surface area contributed by atoms with Gasteiger partial charge in [0.1, 0.15) is 17.1 Å². The molecule has 3 rings (SSSR count). The van der Waals surface area contributed by atoms with Crippen LogP contribution in [-0.2, 0) is 0 Å². The third kappa shape index (κ3) is 4.81. The zero-order valence-corrected chi connectivity index (χ0v) is 16.7. The van der Waals surface area contributed by atoms with Gasteiger partial charge in [-0.05, 0) is 68.4 Å². The van der Waals surface area contributed by atoms with Crippen LogP contribution >= 0.6 is 0 Å². The third-order valence-electron chi connectivity index (χ3n) is 4.71. The molecular weight excluding hydrogens is 373 g/mol. The number of H-pyrrole nitrogens is 1. The zero-order valence-electron chi connectivity index (χ0n) is 16.7. The number of likely N-dealkylation sites (N-methyl/N-ethyl adjacent to an activating group) is 1. The average Bonchev–Trinajstić information content (AvgIpc) is 2.68. The molecule has 0 radical (unpaired) electrons. The molecule has 152 valence electrons. The van der Waals surface area contributed by atoms with Crippen molar-refractivity contribution in [1.29, 1.82) is 0 Å². The number of rotatable bonds is 7. The van der Waals surface area contributed by atoms with Gasteiger partial charge in [0.15, 0.2) is 0 Å². The fraction of sp³-hybridized carbons (Fsp3) is 0.273. The van der Waals surface area contributed by atoms with Crippen molar-refractivity contribution in [1.82, 2.24) is 15.2 Å². The molecule has 0 aliphatic heterocycles. The molecule has 1 amide bonds. The van der Waals surface area contributed by atoms with Crippen LogP contribution in [0.1, 0.15) is 28.9 Å². The van der Waals surface area contributed by atoms with Crippen LogP contribution < -0.4 is 15.6 Å². The number of hydrogen-bond acceptors (Lipinski definition) is 4. The summed E-state index contributed by atoms with van der Waals surface area (Å²) in [7, 11) is 3.84. The van der Waals surface area contributed by atoms with Gasteiger partial charge in [0, 0.05) is 6.54 Å². The lowest BCUT2D eigenvalue weighted by Gasteiger charge is -2.25. The summed E-state index contributed by atoms with van der Waals surface area (Å²) >= 11 is 0. The topological polar surface area (TPSA) is 74.4 Å². The number of carbonyl (C=O) groups is 1. The quantitative estimate of drug-likeness (QED) is 0.643. The van der Waals surface area contributed by atoms with Crippen LogP contribution in [0.4, 0.5) is 4.39 Å². The number of hydrogen-bond donors (Lipinski definition) is 2. The predicted octanol–water partition coefficient (Wildman–Crippen LogP) is 3.10. The van der Waals surface area contributed by atoms with E-state index in [0.29, 0.717) is 24.1 Å². The Bertz CT molecular complexity index is 1060. The molecule has 2 aromatic carbocycles. The summed E-state index contributed by atoms with van der Waals surface area (Å²) in [6.07, 6.45) is 0. The van der Waals surface area contributed by atoms with Crippen LogP contribution in [0.15, 0.2) is 53.3 Å². The monoisotopic (exact) mass is 397 g/mol. The third-order valence-corrected chi connectivity index (χ3v) is 4.71. The molecule has 2 N–H and O–H groups in total. The van der Waals surface area contributed by atoms with Crippen molar-refractivity contribution in [3.63, 3.8) is 0 Å². The standard InChI is InChI=1S/C22H24FN3O3/c1-4-29-17-9-6-14(7-10-17)20(26(2)3)13-24-21(27)18-11-15-5-8-16(23)12-19(15)25-22(18)28/h5-12,20H,4,13H2,1-3H3,(H,24,27)(H,25,28). The van der Waals surface area contributed by atoms with Crippen LogP contribution in [0.2, 0.25) is 0 Å². The summed E-state index contributed by atoms with van der Waals surface area (Å²) in [6, 6.07) is 13.1. The number of aromatic amines is 1. The molecule has 1 heterocycles. The van der Waals surface area contributed by atoms with Crippen LogP contribution in [0, 0.1) is 5.82 Å². The van der Waals surface area contributed by atoms with Gasteiger partial charge in [0.05, 0.1) is 18.2 Å². The summed E-state index contributed by atoms with van der Waals surface area (Å²) in [5, 5.41) is 3.42. The molecule has 0 saturated heterocycles. The van der Waals surface area contributed by atoms with Crippen molar-refractivity contribution in [3.05, 3.63) is 75.8 Å². The van der Waals surface area contributed by atoms with Gasteiger partial charge in [-0.25, -0.2) is 4.39 Å². The first-order valence-electron chi connectivity index (χ1n) is 9.39. The highest BCUT2D eigenvalue weighted by atomic mass is 19.1. The zero-order chi connectivity index (χ0) is 21.0. The SMILES string of the molecule is CCOc1ccc(C(CNC(=O)c2cc3ccc(F)cc3[nH]c2=O)N(C)C)cc1. The normalized spacial score (nSPS) is 12.2. The van der Waals surface area contributed by atoms with Crippen molar-refractivity contribution in [3.8, 4) is 5.75 Å². The highest BCUT2D eigenvalue weighted by Gasteiger charge is 2.18. The molecule has 0 fully saturated rings. The van der Waals surface area contributed by atoms with E-state index in [4.69, 9.17) is 4.74 Å². The Morgan fingerprint density at radius 1 is 1.17 bits per heavy atom. The van der Waals surface area contributed by atoms with E-state index in [1.165, 1.54) is 24.3 Å². The molecular formula is C22H24FN3O3. The molecule has 6 nitrogen and oxygen atoms in total. The number of halogens is 1. The fourth-order valence-electron chi connectivity index (χ4n) is 3.18. The van der Waals surface area contributed by atoms with Gasteiger partial charge in [-0.1, -0.05) is 12.1 Å². The van der Waals surface area contributed by atoms with Gasteiger partial charge in [-0.3, -0.25) is 9.59 Å². The number of ether oxygens (including phenoxy) is 1. The molecule has 1 aromatic heterocycles. The Hall–Kier alpha value is -3.19. The molecule has 0 spiro atoms. The summed E-state index contributed by atoms with van der Waals surface area (Å²) in [5.41, 5.74) is 0.810. The second kappa shape index (κ2) is 8.87. The van der Waals surface area contributed by atoms with E-state index in [-0.39, 0.29) is 11.6 Å². The van der Waals surface area contributed by atoms with Crippen LogP contribution in [-0.4, -0.2) is 43.0 Å². The number of amides is 1. The lowest BCUT2D eigenvalue weighted by molar-refractivity contribution is 0.0940. The van der Waals surface area contributed by atoms with Crippen molar-refractivity contribution in [2.75, 3.05) is 27.2 Å². The summed E-state index contributed by atoms with van der Waals surface area (Å²) in [6.45, 7) is 2.84. The van der Waals surface area contributed by atoms with Crippen LogP contribution in [0.25, 0.3) is 10.9 Å². The predicted molar refractivity (Wildman–Crippen MR) is 111 cm³/mol. The Kier molecular flexibility index (Phi) is 6.29. The number of nitrogens with zero attached hydrogens (tertiary/aromatic N) is 1. The number of carbonyl (C=O) groups excluding carboxylic acids is 1. The van der Waals surface area contributed by atoms with Crippen molar-refractivity contribution in [2.45, 2.75) is 13.0 Å². The Balaban J connectivity index is 1.77. The summed E-state index contributed by atoms with van der Waals surface area (Å²) in [5.74, 6) is -0.137. The van der Waals surface area contributed by atoms with Gasteiger partial charge in [0.25, 0.3) is 11.5 Å². The molecule has 0 bridgehead atoms. The van der Waals surface area contributed by atoms with E-state index < -0.39 is 17.3 Å². The molecule has 3 aromatic rings. The molecule has 29 heavy (non-hydrogen) atoms. The molecule has 1 atom stereocenters. The van der Waals surface area contributed by atoms with E-state index in [2.05, 4.69) is 10.3 Å².